The number of halogens is 1. The zero-order valence-corrected chi connectivity index (χ0v) is 16.2. The highest BCUT2D eigenvalue weighted by Crippen LogP contribution is 2.39. The van der Waals surface area contributed by atoms with Gasteiger partial charge in [0.25, 0.3) is 0 Å². The van der Waals surface area contributed by atoms with Crippen LogP contribution >= 0.6 is 27.3 Å². The minimum Gasteiger partial charge on any atom is -0.310 e. The van der Waals surface area contributed by atoms with Crippen LogP contribution in [0.2, 0.25) is 0 Å². The van der Waals surface area contributed by atoms with Gasteiger partial charge in [-0.2, -0.15) is 4.31 Å². The molecule has 0 radical (unpaired) electrons. The van der Waals surface area contributed by atoms with Gasteiger partial charge in [-0.15, -0.1) is 11.3 Å². The standard InChI is InChI=1S/C14H23BrN2O2S2/c1-10(2)16-9-11-8-12(13(15)20-11)21(18,19)17-7-5-6-14(17,3)4/h8,10,16H,5-7,9H2,1-4H3. The highest BCUT2D eigenvalue weighted by atomic mass is 79.9. The summed E-state index contributed by atoms with van der Waals surface area (Å²) < 4.78 is 28.2. The molecular weight excluding hydrogens is 372 g/mol. The number of rotatable bonds is 5. The van der Waals surface area contributed by atoms with Gasteiger partial charge in [-0.3, -0.25) is 0 Å². The van der Waals surface area contributed by atoms with Crippen molar-refractivity contribution in [3.05, 3.63) is 14.7 Å². The summed E-state index contributed by atoms with van der Waals surface area (Å²) >= 11 is 4.92. The molecule has 1 saturated heterocycles. The smallest absolute Gasteiger partial charge is 0.245 e. The van der Waals surface area contributed by atoms with E-state index in [1.165, 1.54) is 11.3 Å². The van der Waals surface area contributed by atoms with Crippen LogP contribution < -0.4 is 5.32 Å². The molecule has 1 aliphatic heterocycles. The summed E-state index contributed by atoms with van der Waals surface area (Å²) in [6.45, 7) is 9.45. The van der Waals surface area contributed by atoms with Crippen molar-refractivity contribution in [3.63, 3.8) is 0 Å². The molecule has 120 valence electrons. The molecule has 0 aromatic carbocycles. The van der Waals surface area contributed by atoms with E-state index in [9.17, 15) is 8.42 Å². The molecule has 1 aliphatic rings. The second-order valence-corrected chi connectivity index (χ2v) is 10.7. The van der Waals surface area contributed by atoms with E-state index in [1.807, 2.05) is 13.8 Å². The van der Waals surface area contributed by atoms with Crippen LogP contribution in [-0.4, -0.2) is 30.8 Å². The normalized spacial score (nSPS) is 19.5. The fourth-order valence-electron chi connectivity index (χ4n) is 2.61. The third-order valence-electron chi connectivity index (χ3n) is 3.78. The zero-order valence-electron chi connectivity index (χ0n) is 12.9. The van der Waals surface area contributed by atoms with Gasteiger partial charge in [0.15, 0.2) is 0 Å². The van der Waals surface area contributed by atoms with Gasteiger partial charge >= 0.3 is 0 Å². The van der Waals surface area contributed by atoms with E-state index in [1.54, 1.807) is 10.4 Å². The predicted molar refractivity (Wildman–Crippen MR) is 91.2 cm³/mol. The molecule has 0 amide bonds. The van der Waals surface area contributed by atoms with E-state index in [-0.39, 0.29) is 5.54 Å². The minimum atomic E-state index is -3.43. The van der Waals surface area contributed by atoms with Gasteiger partial charge in [-0.25, -0.2) is 8.42 Å². The Morgan fingerprint density at radius 1 is 1.48 bits per heavy atom. The van der Waals surface area contributed by atoms with Crippen LogP contribution in [0, 0.1) is 0 Å². The van der Waals surface area contributed by atoms with Gasteiger partial charge in [-0.1, -0.05) is 13.8 Å². The summed E-state index contributed by atoms with van der Waals surface area (Å²) in [7, 11) is -3.43. The number of nitrogens with one attached hydrogen (secondary N) is 1. The Morgan fingerprint density at radius 2 is 2.14 bits per heavy atom. The molecule has 4 nitrogen and oxygen atoms in total. The topological polar surface area (TPSA) is 49.4 Å². The fourth-order valence-corrected chi connectivity index (χ4v) is 7.04. The Morgan fingerprint density at radius 3 is 2.67 bits per heavy atom. The Bertz CT molecular complexity index is 608. The van der Waals surface area contributed by atoms with Gasteiger partial charge in [0.1, 0.15) is 4.90 Å². The first-order valence-electron chi connectivity index (χ1n) is 7.19. The Kier molecular flexibility index (Phi) is 5.20. The largest absolute Gasteiger partial charge is 0.310 e. The molecule has 0 bridgehead atoms. The molecule has 1 N–H and O–H groups in total. The first-order valence-corrected chi connectivity index (χ1v) is 10.2. The quantitative estimate of drug-likeness (QED) is 0.829. The van der Waals surface area contributed by atoms with Gasteiger partial charge in [0, 0.05) is 29.5 Å². The molecule has 0 atom stereocenters. The average molecular weight is 395 g/mol. The monoisotopic (exact) mass is 394 g/mol. The molecule has 2 heterocycles. The summed E-state index contributed by atoms with van der Waals surface area (Å²) in [6.07, 6.45) is 1.84. The Hall–Kier alpha value is 0.0500. The van der Waals surface area contributed by atoms with Crippen LogP contribution in [0.3, 0.4) is 0 Å². The zero-order chi connectivity index (χ0) is 15.8. The van der Waals surface area contributed by atoms with Crippen molar-refractivity contribution in [1.82, 2.24) is 9.62 Å². The first-order chi connectivity index (χ1) is 9.64. The van der Waals surface area contributed by atoms with Gasteiger partial charge < -0.3 is 5.32 Å². The summed E-state index contributed by atoms with van der Waals surface area (Å²) in [4.78, 5) is 1.44. The van der Waals surface area contributed by atoms with E-state index >= 15 is 0 Å². The number of thiophene rings is 1. The number of nitrogens with zero attached hydrogens (tertiary/aromatic N) is 1. The molecule has 1 aromatic heterocycles. The fraction of sp³-hybridized carbons (Fsp3) is 0.714. The summed E-state index contributed by atoms with van der Waals surface area (Å²) in [6, 6.07) is 2.18. The lowest BCUT2D eigenvalue weighted by Gasteiger charge is -2.30. The van der Waals surface area contributed by atoms with E-state index in [4.69, 9.17) is 0 Å². The summed E-state index contributed by atoms with van der Waals surface area (Å²) in [5.74, 6) is 0. The Labute approximate surface area is 140 Å². The molecule has 21 heavy (non-hydrogen) atoms. The van der Waals surface area contributed by atoms with Crippen LogP contribution in [0.4, 0.5) is 0 Å². The highest BCUT2D eigenvalue weighted by Gasteiger charge is 2.42. The maximum absolute atomic E-state index is 12.9. The lowest BCUT2D eigenvalue weighted by atomic mass is 10.0. The number of hydrogen-bond acceptors (Lipinski definition) is 4. The minimum absolute atomic E-state index is 0.295. The summed E-state index contributed by atoms with van der Waals surface area (Å²) in [5.41, 5.74) is -0.295. The van der Waals surface area contributed by atoms with Crippen molar-refractivity contribution in [1.29, 1.82) is 0 Å². The second kappa shape index (κ2) is 6.28. The van der Waals surface area contributed by atoms with Gasteiger partial charge in [0.05, 0.1) is 3.79 Å². The Balaban J connectivity index is 2.28. The molecule has 0 saturated carbocycles. The van der Waals surface area contributed by atoms with Crippen LogP contribution in [0.1, 0.15) is 45.4 Å². The van der Waals surface area contributed by atoms with Crippen LogP contribution in [0.15, 0.2) is 14.7 Å². The first kappa shape index (κ1) is 17.4. The van der Waals surface area contributed by atoms with Crippen molar-refractivity contribution >= 4 is 37.3 Å². The molecule has 1 aromatic rings. The maximum Gasteiger partial charge on any atom is 0.245 e. The van der Waals surface area contributed by atoms with Crippen molar-refractivity contribution in [2.75, 3.05) is 6.54 Å². The maximum atomic E-state index is 12.9. The number of sulfonamides is 1. The van der Waals surface area contributed by atoms with E-state index in [0.717, 1.165) is 17.7 Å². The van der Waals surface area contributed by atoms with Crippen LogP contribution in [0.25, 0.3) is 0 Å². The SMILES string of the molecule is CC(C)NCc1cc(S(=O)(=O)N2CCCC2(C)C)c(Br)s1. The van der Waals surface area contributed by atoms with Crippen molar-refractivity contribution in [3.8, 4) is 0 Å². The van der Waals surface area contributed by atoms with E-state index in [2.05, 4.69) is 35.1 Å². The molecule has 2 rings (SSSR count). The molecule has 1 fully saturated rings. The van der Waals surface area contributed by atoms with Crippen molar-refractivity contribution < 1.29 is 8.42 Å². The lowest BCUT2D eigenvalue weighted by Crippen LogP contribution is -2.42. The molecule has 0 unspecified atom stereocenters. The van der Waals surface area contributed by atoms with Crippen molar-refractivity contribution in [2.24, 2.45) is 0 Å². The molecule has 0 spiro atoms. The van der Waals surface area contributed by atoms with Gasteiger partial charge in [-0.05, 0) is 48.7 Å². The molecular formula is C14H23BrN2O2S2. The van der Waals surface area contributed by atoms with Crippen LogP contribution in [-0.2, 0) is 16.6 Å². The lowest BCUT2D eigenvalue weighted by molar-refractivity contribution is 0.291. The predicted octanol–water partition coefficient (Wildman–Crippen LogP) is 3.57. The number of hydrogen-bond donors (Lipinski definition) is 1. The van der Waals surface area contributed by atoms with Gasteiger partial charge in [0.2, 0.25) is 10.0 Å². The molecule has 0 aliphatic carbocycles. The molecule has 7 heteroatoms. The third kappa shape index (κ3) is 3.69. The third-order valence-corrected chi connectivity index (χ3v) is 8.15. The average Bonchev–Trinajstić information content (AvgIpc) is 2.89. The van der Waals surface area contributed by atoms with E-state index in [0.29, 0.717) is 27.8 Å². The highest BCUT2D eigenvalue weighted by molar-refractivity contribution is 9.11. The second-order valence-electron chi connectivity index (χ2n) is 6.38. The van der Waals surface area contributed by atoms with E-state index < -0.39 is 10.0 Å². The van der Waals surface area contributed by atoms with Crippen molar-refractivity contribution in [2.45, 2.75) is 63.6 Å². The van der Waals surface area contributed by atoms with Crippen LogP contribution in [0.5, 0.6) is 0 Å². The summed E-state index contributed by atoms with van der Waals surface area (Å²) in [5, 5.41) is 3.32.